The van der Waals surface area contributed by atoms with Gasteiger partial charge in [0.2, 0.25) is 5.82 Å². The van der Waals surface area contributed by atoms with Gasteiger partial charge in [0.05, 0.1) is 5.56 Å². The molecule has 0 saturated carbocycles. The number of nitrogens with one attached hydrogen (secondary N) is 1. The van der Waals surface area contributed by atoms with Crippen LogP contribution in [0.3, 0.4) is 0 Å². The van der Waals surface area contributed by atoms with Crippen molar-refractivity contribution >= 4 is 34.9 Å². The second-order valence-corrected chi connectivity index (χ2v) is 3.97. The highest BCUT2D eigenvalue weighted by molar-refractivity contribution is 6.35. The molecular formula is C9H5Cl2FN4O2. The van der Waals surface area contributed by atoms with Gasteiger partial charge < -0.3 is 5.32 Å². The van der Waals surface area contributed by atoms with Gasteiger partial charge in [0.1, 0.15) is 10.8 Å². The Morgan fingerprint density at radius 2 is 2.11 bits per heavy atom. The highest BCUT2D eigenvalue weighted by Gasteiger charge is 2.18. The molecule has 0 aromatic carbocycles. The monoisotopic (exact) mass is 290 g/mol. The fourth-order valence-corrected chi connectivity index (χ4v) is 1.53. The van der Waals surface area contributed by atoms with Crippen LogP contribution < -0.4 is 5.32 Å². The van der Waals surface area contributed by atoms with Crippen LogP contribution in [0.25, 0.3) is 0 Å². The molecule has 0 saturated heterocycles. The first-order chi connectivity index (χ1) is 8.49. The molecule has 0 fully saturated rings. The molecule has 1 N–H and O–H groups in total. The molecule has 9 heteroatoms. The molecule has 2 heterocycles. The van der Waals surface area contributed by atoms with Crippen molar-refractivity contribution < 1.29 is 13.8 Å². The van der Waals surface area contributed by atoms with E-state index in [-0.39, 0.29) is 16.5 Å². The Hall–Kier alpha value is -1.73. The Bertz CT molecular complexity index is 617. The van der Waals surface area contributed by atoms with Gasteiger partial charge in [0, 0.05) is 0 Å². The Balaban J connectivity index is 2.30. The number of aromatic nitrogens is 3. The number of carbonyl (C=O) groups is 1. The van der Waals surface area contributed by atoms with Crippen molar-refractivity contribution in [3.63, 3.8) is 0 Å². The van der Waals surface area contributed by atoms with Crippen molar-refractivity contribution in [3.8, 4) is 0 Å². The zero-order valence-electron chi connectivity index (χ0n) is 8.87. The molecule has 0 bridgehead atoms. The number of carbonyl (C=O) groups excluding carboxylic acids is 1. The summed E-state index contributed by atoms with van der Waals surface area (Å²) >= 11 is 11.1. The van der Waals surface area contributed by atoms with Crippen molar-refractivity contribution in [2.75, 3.05) is 5.32 Å². The number of halogens is 3. The Morgan fingerprint density at radius 3 is 2.72 bits per heavy atom. The van der Waals surface area contributed by atoms with E-state index in [9.17, 15) is 9.18 Å². The summed E-state index contributed by atoms with van der Waals surface area (Å²) in [5.74, 6) is -1.42. The van der Waals surface area contributed by atoms with Crippen LogP contribution in [0.1, 0.15) is 16.1 Å². The number of nitrogens with zero attached hydrogens (tertiary/aromatic N) is 3. The first kappa shape index (κ1) is 12.7. The van der Waals surface area contributed by atoms with Crippen molar-refractivity contribution in [2.24, 2.45) is 0 Å². The first-order valence-electron chi connectivity index (χ1n) is 4.61. The Morgan fingerprint density at radius 1 is 1.39 bits per heavy atom. The minimum Gasteiger partial charge on any atom is -0.302 e. The second kappa shape index (κ2) is 4.87. The van der Waals surface area contributed by atoms with Crippen LogP contribution in [0, 0.1) is 12.7 Å². The van der Waals surface area contributed by atoms with Crippen LogP contribution in [-0.4, -0.2) is 21.2 Å². The van der Waals surface area contributed by atoms with Crippen LogP contribution in [-0.2, 0) is 0 Å². The molecule has 1 amide bonds. The van der Waals surface area contributed by atoms with Gasteiger partial charge in [-0.25, -0.2) is 14.0 Å². The maximum absolute atomic E-state index is 13.2. The van der Waals surface area contributed by atoms with Crippen molar-refractivity contribution in [1.82, 2.24) is 15.3 Å². The summed E-state index contributed by atoms with van der Waals surface area (Å²) in [7, 11) is 0. The molecular weight excluding hydrogens is 286 g/mol. The zero-order valence-corrected chi connectivity index (χ0v) is 10.4. The number of rotatable bonds is 2. The van der Waals surface area contributed by atoms with Crippen molar-refractivity contribution in [1.29, 1.82) is 0 Å². The summed E-state index contributed by atoms with van der Waals surface area (Å²) in [6.45, 7) is 1.58. The third kappa shape index (κ3) is 2.41. The van der Waals surface area contributed by atoms with E-state index in [4.69, 9.17) is 23.2 Å². The van der Waals surface area contributed by atoms with Gasteiger partial charge in [-0.05, 0) is 18.1 Å². The van der Waals surface area contributed by atoms with Gasteiger partial charge in [-0.15, -0.1) is 0 Å². The number of aryl methyl sites for hydroxylation is 1. The van der Waals surface area contributed by atoms with E-state index in [0.29, 0.717) is 5.69 Å². The smallest absolute Gasteiger partial charge is 0.260 e. The molecule has 0 atom stereocenters. The van der Waals surface area contributed by atoms with E-state index in [2.05, 4.69) is 25.2 Å². The fourth-order valence-electron chi connectivity index (χ4n) is 1.12. The van der Waals surface area contributed by atoms with E-state index < -0.39 is 16.9 Å². The van der Waals surface area contributed by atoms with Crippen LogP contribution in [0.15, 0.2) is 10.7 Å². The van der Waals surface area contributed by atoms with Gasteiger partial charge in [-0.2, -0.15) is 0 Å². The Kier molecular flexibility index (Phi) is 3.44. The lowest BCUT2D eigenvalue weighted by atomic mass is 10.2. The fraction of sp³-hybridized carbons (Fsp3) is 0.111. The van der Waals surface area contributed by atoms with E-state index >= 15 is 0 Å². The number of hydrogen-bond donors (Lipinski definition) is 1. The molecule has 2 aromatic rings. The molecule has 0 spiro atoms. The predicted molar refractivity (Wildman–Crippen MR) is 61.2 cm³/mol. The van der Waals surface area contributed by atoms with E-state index in [1.807, 2.05) is 0 Å². The van der Waals surface area contributed by atoms with Gasteiger partial charge in [-0.3, -0.25) is 4.79 Å². The topological polar surface area (TPSA) is 80.9 Å². The molecule has 0 unspecified atom stereocenters. The lowest BCUT2D eigenvalue weighted by molar-refractivity contribution is 0.102. The van der Waals surface area contributed by atoms with Crippen LogP contribution in [0.4, 0.5) is 10.2 Å². The normalized spacial score (nSPS) is 10.4. The highest BCUT2D eigenvalue weighted by Crippen LogP contribution is 2.21. The lowest BCUT2D eigenvalue weighted by Crippen LogP contribution is -2.14. The number of amides is 1. The van der Waals surface area contributed by atoms with Crippen molar-refractivity contribution in [2.45, 2.75) is 6.92 Å². The third-order valence-electron chi connectivity index (χ3n) is 2.02. The van der Waals surface area contributed by atoms with Gasteiger partial charge in [0.15, 0.2) is 11.0 Å². The summed E-state index contributed by atoms with van der Waals surface area (Å²) in [5.41, 5.74) is 0.211. The molecule has 0 aliphatic carbocycles. The van der Waals surface area contributed by atoms with Gasteiger partial charge >= 0.3 is 0 Å². The summed E-state index contributed by atoms with van der Waals surface area (Å²) in [6, 6.07) is 0.885. The number of hydrogen-bond acceptors (Lipinski definition) is 5. The summed E-state index contributed by atoms with van der Waals surface area (Å²) in [4.78, 5) is 15.3. The average molecular weight is 291 g/mol. The second-order valence-electron chi connectivity index (χ2n) is 3.25. The van der Waals surface area contributed by atoms with Crippen molar-refractivity contribution in [3.05, 3.63) is 33.4 Å². The minimum absolute atomic E-state index is 0.117. The van der Waals surface area contributed by atoms with Crippen LogP contribution in [0.5, 0.6) is 0 Å². The zero-order chi connectivity index (χ0) is 13.3. The predicted octanol–water partition coefficient (Wildman–Crippen LogP) is 2.47. The average Bonchev–Trinajstić information content (AvgIpc) is 2.69. The highest BCUT2D eigenvalue weighted by atomic mass is 35.5. The minimum atomic E-state index is -0.846. The van der Waals surface area contributed by atoms with Gasteiger partial charge in [-0.1, -0.05) is 28.4 Å². The quantitative estimate of drug-likeness (QED) is 0.860. The lowest BCUT2D eigenvalue weighted by Gasteiger charge is -2.04. The molecule has 0 aliphatic rings. The van der Waals surface area contributed by atoms with E-state index in [1.165, 1.54) is 0 Å². The summed E-state index contributed by atoms with van der Waals surface area (Å²) in [5, 5.41) is 8.65. The molecule has 0 aliphatic heterocycles. The molecule has 6 nitrogen and oxygen atoms in total. The molecule has 0 radical (unpaired) electrons. The molecule has 94 valence electrons. The standard InChI is InChI=1S/C9H5Cl2FN4O2/c1-3-8(16-18-15-3)14-9(17)4-2-5(12)7(11)13-6(4)10/h2H,1H3,(H,14,16,17). The maximum atomic E-state index is 13.2. The third-order valence-corrected chi connectivity index (χ3v) is 2.57. The Labute approximate surface area is 110 Å². The summed E-state index contributed by atoms with van der Waals surface area (Å²) < 4.78 is 17.6. The number of pyridine rings is 1. The molecule has 18 heavy (non-hydrogen) atoms. The SMILES string of the molecule is Cc1nonc1NC(=O)c1cc(F)c(Cl)nc1Cl. The molecule has 2 rings (SSSR count). The number of anilines is 1. The van der Waals surface area contributed by atoms with Crippen LogP contribution >= 0.6 is 23.2 Å². The maximum Gasteiger partial charge on any atom is 0.260 e. The molecule has 2 aromatic heterocycles. The largest absolute Gasteiger partial charge is 0.302 e. The van der Waals surface area contributed by atoms with Gasteiger partial charge in [0.25, 0.3) is 5.91 Å². The summed E-state index contributed by atoms with van der Waals surface area (Å²) in [6.07, 6.45) is 0. The van der Waals surface area contributed by atoms with E-state index in [0.717, 1.165) is 6.07 Å². The van der Waals surface area contributed by atoms with E-state index in [1.54, 1.807) is 6.92 Å². The van der Waals surface area contributed by atoms with Crippen LogP contribution in [0.2, 0.25) is 10.3 Å². The first-order valence-corrected chi connectivity index (χ1v) is 5.36.